The van der Waals surface area contributed by atoms with E-state index in [4.69, 9.17) is 9.97 Å². The van der Waals surface area contributed by atoms with Gasteiger partial charge in [0.2, 0.25) is 0 Å². The van der Waals surface area contributed by atoms with Gasteiger partial charge in [0.15, 0.2) is 0 Å². The van der Waals surface area contributed by atoms with Gasteiger partial charge >= 0.3 is 0 Å². The molecule has 2 heteroatoms. The number of rotatable bonds is 11. The number of benzene rings is 24. The zero-order chi connectivity index (χ0) is 88.6. The van der Waals surface area contributed by atoms with Gasteiger partial charge in [-0.25, -0.2) is 9.97 Å². The van der Waals surface area contributed by atoms with Crippen LogP contribution in [0.2, 0.25) is 0 Å². The van der Waals surface area contributed by atoms with Gasteiger partial charge in [0, 0.05) is 38.4 Å². The van der Waals surface area contributed by atoms with Crippen molar-refractivity contribution in [3.8, 4) is 123 Å². The fraction of sp³-hybridized carbons (Fsp3) is 0. The molecule has 0 saturated heterocycles. The van der Waals surface area contributed by atoms with Gasteiger partial charge in [-0.3, -0.25) is 0 Å². The third-order valence-corrected chi connectivity index (χ3v) is 30.2. The van der Waals surface area contributed by atoms with Crippen LogP contribution < -0.4 is 0 Å². The number of hydrogen-bond donors (Lipinski definition) is 0. The lowest BCUT2D eigenvalue weighted by atomic mass is 9.81. The largest absolute Gasteiger partial charge is 0.248 e. The maximum atomic E-state index is 5.85. The molecule has 30 aromatic rings. The second-order valence-corrected chi connectivity index (χ2v) is 37.3. The molecule has 2 heterocycles. The van der Waals surface area contributed by atoms with Crippen molar-refractivity contribution in [2.45, 2.75) is 0 Å². The third kappa shape index (κ3) is 10.8. The van der Waals surface area contributed by atoms with E-state index in [9.17, 15) is 0 Å². The molecule has 30 rings (SSSR count). The molecule has 0 aliphatic heterocycles. The van der Waals surface area contributed by atoms with E-state index in [2.05, 4.69) is 461 Å². The summed E-state index contributed by atoms with van der Waals surface area (Å²) in [5.41, 5.74) is 24.6. The van der Waals surface area contributed by atoms with Gasteiger partial charge in [0.25, 0.3) is 0 Å². The van der Waals surface area contributed by atoms with Crippen molar-refractivity contribution in [3.05, 3.63) is 461 Å². The Bertz CT molecular complexity index is 10200. The molecule has 136 heavy (non-hydrogen) atoms. The number of aromatic nitrogens is 2. The lowest BCUT2D eigenvalue weighted by Gasteiger charge is -2.21. The summed E-state index contributed by atoms with van der Waals surface area (Å²) in [6, 6.07) is 174. The second-order valence-electron chi connectivity index (χ2n) is 37.3. The van der Waals surface area contributed by atoms with E-state index in [1.165, 1.54) is 255 Å². The fourth-order valence-electron chi connectivity index (χ4n) is 24.7. The molecule has 0 unspecified atom stereocenters. The Morgan fingerprint density at radius 1 is 0.103 bits per heavy atom. The summed E-state index contributed by atoms with van der Waals surface area (Å²) >= 11 is 0. The number of pyridine rings is 2. The molecule has 622 valence electrons. The van der Waals surface area contributed by atoms with Crippen molar-refractivity contribution < 1.29 is 0 Å². The maximum absolute atomic E-state index is 5.85. The van der Waals surface area contributed by atoms with Crippen LogP contribution in [0.15, 0.2) is 461 Å². The average molecular weight is 1710 g/mol. The fourth-order valence-corrected chi connectivity index (χ4v) is 24.7. The highest BCUT2D eigenvalue weighted by atomic mass is 14.7. The molecule has 28 aromatic carbocycles. The van der Waals surface area contributed by atoms with E-state index in [0.29, 0.717) is 0 Å². The van der Waals surface area contributed by atoms with Crippen LogP contribution >= 0.6 is 0 Å². The Morgan fingerprint density at radius 2 is 0.419 bits per heavy atom. The molecule has 0 spiro atoms. The van der Waals surface area contributed by atoms with Crippen molar-refractivity contribution >= 4 is 194 Å². The normalized spacial score (nSPS) is 12.3. The van der Waals surface area contributed by atoms with Gasteiger partial charge in [0.1, 0.15) is 0 Å². The van der Waals surface area contributed by atoms with E-state index in [-0.39, 0.29) is 0 Å². The number of fused-ring (bicyclic) bond motifs is 24. The van der Waals surface area contributed by atoms with E-state index in [0.717, 1.165) is 61.4 Å². The molecular weight excluding hydrogens is 1640 g/mol. The van der Waals surface area contributed by atoms with Gasteiger partial charge in [-0.1, -0.05) is 370 Å². The van der Waals surface area contributed by atoms with Crippen LogP contribution in [0.1, 0.15) is 0 Å². The van der Waals surface area contributed by atoms with Gasteiger partial charge in [0.05, 0.1) is 22.8 Å². The van der Waals surface area contributed by atoms with Crippen LogP contribution in [-0.2, 0) is 0 Å². The van der Waals surface area contributed by atoms with Crippen LogP contribution in [0, 0.1) is 0 Å². The predicted molar refractivity (Wildman–Crippen MR) is 582 cm³/mol. The van der Waals surface area contributed by atoms with Gasteiger partial charge < -0.3 is 0 Å². The zero-order valence-corrected chi connectivity index (χ0v) is 73.8. The van der Waals surface area contributed by atoms with E-state index >= 15 is 0 Å². The first-order valence-corrected chi connectivity index (χ1v) is 47.3. The van der Waals surface area contributed by atoms with Crippen LogP contribution in [0.5, 0.6) is 0 Å². The SMILES string of the molecule is c1ccc(-c2cc(-c3ccccc3)cc(-c3c4cc5c6ccccc6c6cccc(c4c(-c4cc(-c7ccccc7)cc(-c7ccccc7)c4)c4c7cccc8c9c(ccc%10cc(-c%11cccc%12c%13cc%14c(-c%15cccc(-c%16ccccc%16)n%15)c%15c%16cc%17ccc%18ccccc%18c%17c%17cccc(c%15c(-c%15cccc(-c%18ccccc%18)n%15)c%14c%14cccc(c%11%12)c%13%14)c%16%17)ccc%109)cc(c34)c78)c65)c2)cc1. The van der Waals surface area contributed by atoms with Crippen LogP contribution in [0.3, 0.4) is 0 Å². The molecule has 2 aromatic heterocycles. The van der Waals surface area contributed by atoms with Gasteiger partial charge in [-0.2, -0.15) is 0 Å². The Kier molecular flexibility index (Phi) is 15.9. The van der Waals surface area contributed by atoms with Gasteiger partial charge in [-0.05, 0) is 347 Å². The molecule has 0 radical (unpaired) electrons. The summed E-state index contributed by atoms with van der Waals surface area (Å²) in [5, 5.41) is 44.2. The molecule has 0 aliphatic carbocycles. The van der Waals surface area contributed by atoms with Crippen molar-refractivity contribution in [1.82, 2.24) is 9.97 Å². The molecule has 0 fully saturated rings. The summed E-state index contributed by atoms with van der Waals surface area (Å²) in [5.74, 6) is 0. The van der Waals surface area contributed by atoms with E-state index < -0.39 is 0 Å². The highest BCUT2D eigenvalue weighted by Gasteiger charge is 2.33. The minimum atomic E-state index is 0.921. The topological polar surface area (TPSA) is 25.8 Å². The minimum Gasteiger partial charge on any atom is -0.248 e. The van der Waals surface area contributed by atoms with Crippen LogP contribution in [0.4, 0.5) is 0 Å². The first-order chi connectivity index (χ1) is 67.5. The van der Waals surface area contributed by atoms with Gasteiger partial charge in [-0.15, -0.1) is 0 Å². The first-order valence-electron chi connectivity index (χ1n) is 47.3. The Labute approximate surface area is 782 Å². The maximum Gasteiger partial charge on any atom is 0.0722 e. The highest BCUT2D eigenvalue weighted by molar-refractivity contribution is 6.50. The smallest absolute Gasteiger partial charge is 0.0722 e. The number of hydrogen-bond acceptors (Lipinski definition) is 2. The predicted octanol–water partition coefficient (Wildman–Crippen LogP) is 37.3. The van der Waals surface area contributed by atoms with Crippen molar-refractivity contribution in [2.75, 3.05) is 0 Å². The summed E-state index contributed by atoms with van der Waals surface area (Å²) < 4.78 is 0. The molecule has 0 bridgehead atoms. The summed E-state index contributed by atoms with van der Waals surface area (Å²) in [6.45, 7) is 0. The lowest BCUT2D eigenvalue weighted by molar-refractivity contribution is 1.33. The van der Waals surface area contributed by atoms with Crippen molar-refractivity contribution in [1.29, 1.82) is 0 Å². The summed E-state index contributed by atoms with van der Waals surface area (Å²) in [7, 11) is 0. The number of nitrogens with zero attached hydrogens (tertiary/aromatic N) is 2. The van der Waals surface area contributed by atoms with E-state index in [1.807, 2.05) is 0 Å². The van der Waals surface area contributed by atoms with Crippen molar-refractivity contribution in [2.24, 2.45) is 0 Å². The second kappa shape index (κ2) is 28.8. The first kappa shape index (κ1) is 74.9. The van der Waals surface area contributed by atoms with Crippen molar-refractivity contribution in [3.63, 3.8) is 0 Å². The lowest BCUT2D eigenvalue weighted by Crippen LogP contribution is -1.95. The Balaban J connectivity index is 0.693. The molecule has 0 aliphatic rings. The third-order valence-electron chi connectivity index (χ3n) is 30.2. The average Bonchev–Trinajstić information content (AvgIpc) is 1.51. The standard InChI is InChI=1S/C134H76N2/c1-7-30-77(31-8-1)88-67-89(78-32-9-2-10-33-78)70-92(69-88)120-112-75-108-98-45-22-21-44-97(98)99-47-24-52-104(123(99)108)127(112)121(93-71-90(79-34-11-3-12-35-79)68-91(72-93)80-36-13-4-14-37-80)130-106-54-25-50-102-119-87(73-110(125(102)106)132(120)130)63-61-84-66-85(64-65-96(84)119)95-46-23-48-100-109-76-113-128(105-53-27-51-103(122(95)100)124(105)109)134(117-59-29-57-115(136-117)83-41-17-6-18-42-83)131-107-55-26-49-101-118-86(62-60-81-38-19-20-43-94(81)118)74-111(126(101)107)133(131)129(113)116-58-28-56-114(135-116)82-39-15-5-16-40-82/h1-76H. The minimum absolute atomic E-state index is 0.921. The van der Waals surface area contributed by atoms with Crippen LogP contribution in [-0.4, -0.2) is 9.97 Å². The Hall–Kier alpha value is -17.8. The monoisotopic (exact) mass is 1710 g/mol. The van der Waals surface area contributed by atoms with Crippen LogP contribution in [0.25, 0.3) is 317 Å². The van der Waals surface area contributed by atoms with E-state index in [1.54, 1.807) is 0 Å². The summed E-state index contributed by atoms with van der Waals surface area (Å²) in [4.78, 5) is 11.7. The highest BCUT2D eigenvalue weighted by Crippen LogP contribution is 2.61. The molecule has 0 atom stereocenters. The summed E-state index contributed by atoms with van der Waals surface area (Å²) in [6.07, 6.45) is 0. The molecule has 0 N–H and O–H groups in total. The zero-order valence-electron chi connectivity index (χ0n) is 73.8. The molecule has 0 saturated carbocycles. The Morgan fingerprint density at radius 3 is 0.941 bits per heavy atom. The molecule has 0 amide bonds. The quantitative estimate of drug-likeness (QED) is 0.121. The molecular formula is C134H76N2. The molecule has 2 nitrogen and oxygen atoms in total.